The second-order valence-corrected chi connectivity index (χ2v) is 2.45. The van der Waals surface area contributed by atoms with Crippen LogP contribution < -0.4 is 0 Å². The summed E-state index contributed by atoms with van der Waals surface area (Å²) >= 11 is 0. The molecule has 0 heterocycles. The topological polar surface area (TPSA) is 221 Å². The van der Waals surface area contributed by atoms with Gasteiger partial charge in [-0.3, -0.25) is 16.8 Å². The van der Waals surface area contributed by atoms with Crippen LogP contribution in [0.5, 0.6) is 0 Å². The summed E-state index contributed by atoms with van der Waals surface area (Å²) in [6, 6.07) is 0. The van der Waals surface area contributed by atoms with Gasteiger partial charge in [-0.05, 0) is 0 Å². The fourth-order valence-electron chi connectivity index (χ4n) is 0. The van der Waals surface area contributed by atoms with Gasteiger partial charge in [-0.1, -0.05) is 0 Å². The van der Waals surface area contributed by atoms with Gasteiger partial charge in [0.2, 0.25) is 0 Å². The van der Waals surface area contributed by atoms with Crippen LogP contribution in [0.15, 0.2) is 0 Å². The van der Waals surface area contributed by atoms with Crippen LogP contribution in [0.4, 0.5) is 0 Å². The first-order valence-corrected chi connectivity index (χ1v) is 4.00. The quantitative estimate of drug-likeness (QED) is 0.247. The maximum atomic E-state index is 8.52. The molecule has 14 heavy (non-hydrogen) atoms. The van der Waals surface area contributed by atoms with Gasteiger partial charge in [0.1, 0.15) is 0 Å². The Morgan fingerprint density at radius 1 is 0.571 bits per heavy atom. The van der Waals surface area contributed by atoms with Gasteiger partial charge < -0.3 is 29.2 Å². The Labute approximate surface area is 101 Å². The summed E-state index contributed by atoms with van der Waals surface area (Å²) in [6.45, 7) is 0. The molecule has 0 saturated carbocycles. The van der Waals surface area contributed by atoms with E-state index < -0.39 is 20.8 Å². The van der Waals surface area contributed by atoms with Crippen LogP contribution >= 0.6 is 0 Å². The SMILES string of the molecule is O=S(=O)([O-])[O-].O=S(=O)([O-])[O-].[Fe+3].[Fe+3].[OH-].[OH-]. The number of hydrogen-bond acceptors (Lipinski definition) is 10. The first kappa shape index (κ1) is 36.5. The van der Waals surface area contributed by atoms with E-state index in [0.29, 0.717) is 0 Å². The minimum absolute atomic E-state index is 0. The van der Waals surface area contributed by atoms with E-state index >= 15 is 0 Å². The zero-order valence-corrected chi connectivity index (χ0v) is 9.53. The van der Waals surface area contributed by atoms with Crippen molar-refractivity contribution >= 4 is 20.8 Å². The average molecular weight is 338 g/mol. The minimum atomic E-state index is -5.17. The van der Waals surface area contributed by atoms with Gasteiger partial charge in [-0.15, -0.1) is 0 Å². The van der Waals surface area contributed by atoms with Crippen molar-refractivity contribution in [2.75, 3.05) is 0 Å². The van der Waals surface area contributed by atoms with Crippen LogP contribution in [0.25, 0.3) is 0 Å². The predicted octanol–water partition coefficient (Wildman–Crippen LogP) is -3.03. The van der Waals surface area contributed by atoms with Gasteiger partial charge in [0.25, 0.3) is 0 Å². The van der Waals surface area contributed by atoms with E-state index in [1.807, 2.05) is 0 Å². The van der Waals surface area contributed by atoms with E-state index in [0.717, 1.165) is 0 Å². The Bertz CT molecular complexity index is 212. The molecular formula is H2Fe2O10S2. The largest absolute Gasteiger partial charge is 3.00 e. The molecule has 10 nitrogen and oxygen atoms in total. The van der Waals surface area contributed by atoms with E-state index in [1.54, 1.807) is 0 Å². The maximum absolute atomic E-state index is 8.52. The molecule has 0 bridgehead atoms. The molecule has 0 saturated heterocycles. The Kier molecular flexibility index (Phi) is 35.7. The molecule has 0 rings (SSSR count). The molecular weight excluding hydrogens is 336 g/mol. The van der Waals surface area contributed by atoms with Crippen molar-refractivity contribution in [2.45, 2.75) is 0 Å². The molecule has 0 aromatic rings. The van der Waals surface area contributed by atoms with Crippen molar-refractivity contribution < 1.29 is 80.1 Å². The molecule has 90 valence electrons. The standard InChI is InChI=1S/2Fe.2H2O4S.2H2O/c;;2*1-5(2,3)4;;/h;;2*(H2,1,2,3,4);2*1H2/q2*+3;;;;/p-6. The Hall–Kier alpha value is 0.699. The van der Waals surface area contributed by atoms with Gasteiger partial charge in [0.15, 0.2) is 0 Å². The normalized spacial score (nSPS) is 8.29. The van der Waals surface area contributed by atoms with Gasteiger partial charge in [-0.25, -0.2) is 0 Å². The minimum Gasteiger partial charge on any atom is -0.870 e. The molecule has 0 aliphatic rings. The summed E-state index contributed by atoms with van der Waals surface area (Å²) in [5.41, 5.74) is 0. The van der Waals surface area contributed by atoms with Gasteiger partial charge in [0, 0.05) is 20.8 Å². The fourth-order valence-corrected chi connectivity index (χ4v) is 0. The van der Waals surface area contributed by atoms with Gasteiger partial charge >= 0.3 is 34.1 Å². The molecule has 0 amide bonds. The second-order valence-electron chi connectivity index (χ2n) is 0.816. The summed E-state index contributed by atoms with van der Waals surface area (Å²) in [7, 11) is -10.3. The van der Waals surface area contributed by atoms with Gasteiger partial charge in [0.05, 0.1) is 0 Å². The van der Waals surface area contributed by atoms with E-state index in [1.165, 1.54) is 0 Å². The number of hydrogen-bond donors (Lipinski definition) is 0. The summed E-state index contributed by atoms with van der Waals surface area (Å²) in [4.78, 5) is 0. The molecule has 0 atom stereocenters. The molecule has 14 heteroatoms. The average Bonchev–Trinajstić information content (AvgIpc) is 1.12. The van der Waals surface area contributed by atoms with Crippen molar-refractivity contribution in [2.24, 2.45) is 0 Å². The van der Waals surface area contributed by atoms with Crippen LogP contribution in [0.3, 0.4) is 0 Å². The Balaban J connectivity index is -0.0000000178. The molecule has 0 aliphatic carbocycles. The Morgan fingerprint density at radius 2 is 0.571 bits per heavy atom. The van der Waals surface area contributed by atoms with Crippen molar-refractivity contribution in [1.29, 1.82) is 0 Å². The third-order valence-electron chi connectivity index (χ3n) is 0. The van der Waals surface area contributed by atoms with E-state index in [9.17, 15) is 0 Å². The van der Waals surface area contributed by atoms with E-state index in [-0.39, 0.29) is 45.1 Å². The van der Waals surface area contributed by atoms with Crippen LogP contribution in [0, 0.1) is 0 Å². The van der Waals surface area contributed by atoms with Crippen molar-refractivity contribution in [1.82, 2.24) is 0 Å². The number of rotatable bonds is 0. The third-order valence-corrected chi connectivity index (χ3v) is 0. The van der Waals surface area contributed by atoms with E-state index in [4.69, 9.17) is 35.0 Å². The molecule has 0 aromatic carbocycles. The monoisotopic (exact) mass is 338 g/mol. The summed E-state index contributed by atoms with van der Waals surface area (Å²) in [5.74, 6) is 0. The fraction of sp³-hybridized carbons (Fsp3) is 0. The first-order chi connectivity index (χ1) is 4.00. The predicted molar refractivity (Wildman–Crippen MR) is 24.8 cm³/mol. The molecule has 0 aromatic heterocycles. The van der Waals surface area contributed by atoms with E-state index in [2.05, 4.69) is 0 Å². The molecule has 0 fully saturated rings. The first-order valence-electron chi connectivity index (χ1n) is 1.33. The summed E-state index contributed by atoms with van der Waals surface area (Å²) in [6.07, 6.45) is 0. The smallest absolute Gasteiger partial charge is 0.870 e. The van der Waals surface area contributed by atoms with Crippen molar-refractivity contribution in [3.05, 3.63) is 0 Å². The van der Waals surface area contributed by atoms with Crippen molar-refractivity contribution in [3.63, 3.8) is 0 Å². The van der Waals surface area contributed by atoms with Crippen LogP contribution in [-0.2, 0) is 54.9 Å². The third kappa shape index (κ3) is 3560. The van der Waals surface area contributed by atoms with Crippen LogP contribution in [0.2, 0.25) is 0 Å². The molecule has 0 unspecified atom stereocenters. The molecule has 0 spiro atoms. The zero-order chi connectivity index (χ0) is 9.00. The van der Waals surface area contributed by atoms with Crippen LogP contribution in [-0.4, -0.2) is 46.0 Å². The Morgan fingerprint density at radius 3 is 0.571 bits per heavy atom. The summed E-state index contributed by atoms with van der Waals surface area (Å²) < 4.78 is 68.2. The molecule has 2 N–H and O–H groups in total. The maximum Gasteiger partial charge on any atom is 3.00 e. The van der Waals surface area contributed by atoms with Gasteiger partial charge in [-0.2, -0.15) is 0 Å². The van der Waals surface area contributed by atoms with Crippen molar-refractivity contribution in [3.8, 4) is 0 Å². The van der Waals surface area contributed by atoms with Crippen LogP contribution in [0.1, 0.15) is 0 Å². The summed E-state index contributed by atoms with van der Waals surface area (Å²) in [5, 5.41) is 0. The second kappa shape index (κ2) is 13.7. The zero-order valence-electron chi connectivity index (χ0n) is 5.68. The molecule has 2 radical (unpaired) electrons. The molecule has 0 aliphatic heterocycles.